The van der Waals surface area contributed by atoms with Gasteiger partial charge in [-0.3, -0.25) is 4.72 Å². The summed E-state index contributed by atoms with van der Waals surface area (Å²) in [5.41, 5.74) is -0.230. The van der Waals surface area contributed by atoms with Gasteiger partial charge in [-0.25, -0.2) is 18.4 Å². The minimum atomic E-state index is -4.03. The fourth-order valence-electron chi connectivity index (χ4n) is 1.33. The molecule has 0 bridgehead atoms. The molecule has 7 nitrogen and oxygen atoms in total. The van der Waals surface area contributed by atoms with Crippen LogP contribution in [0.25, 0.3) is 0 Å². The molecule has 0 saturated heterocycles. The van der Waals surface area contributed by atoms with E-state index in [1.54, 1.807) is 6.07 Å². The first-order chi connectivity index (χ1) is 9.42. The molecule has 2 heterocycles. The molecule has 0 saturated carbocycles. The van der Waals surface area contributed by atoms with Crippen molar-refractivity contribution < 1.29 is 8.42 Å². The number of rotatable bonds is 3. The molecule has 20 heavy (non-hydrogen) atoms. The molecular weight excluding hydrogens is 325 g/mol. The Kier molecular flexibility index (Phi) is 4.04. The molecule has 0 spiro atoms. The molecule has 1 N–H and O–H groups in total. The first kappa shape index (κ1) is 14.5. The summed E-state index contributed by atoms with van der Waals surface area (Å²) in [6.45, 7) is 0. The predicted molar refractivity (Wildman–Crippen MR) is 71.8 cm³/mol. The van der Waals surface area contributed by atoms with Gasteiger partial charge in [0.05, 0.1) is 0 Å². The van der Waals surface area contributed by atoms with E-state index in [0.29, 0.717) is 0 Å². The van der Waals surface area contributed by atoms with Gasteiger partial charge in [0.2, 0.25) is 5.28 Å². The molecular formula is C10H5Cl2N5O2S. The molecule has 0 aliphatic rings. The lowest BCUT2D eigenvalue weighted by molar-refractivity contribution is 0.600. The van der Waals surface area contributed by atoms with Crippen molar-refractivity contribution in [2.75, 3.05) is 4.72 Å². The molecule has 0 atom stereocenters. The first-order valence-electron chi connectivity index (χ1n) is 5.00. The third-order valence-corrected chi connectivity index (χ3v) is 3.82. The number of halogens is 2. The summed E-state index contributed by atoms with van der Waals surface area (Å²) in [5.74, 6) is -0.109. The van der Waals surface area contributed by atoms with E-state index in [1.807, 2.05) is 0 Å². The lowest BCUT2D eigenvalue weighted by Crippen LogP contribution is -2.16. The molecule has 2 aromatic heterocycles. The molecule has 0 unspecified atom stereocenters. The highest BCUT2D eigenvalue weighted by Crippen LogP contribution is 2.19. The molecule has 102 valence electrons. The molecule has 0 aliphatic carbocycles. The summed E-state index contributed by atoms with van der Waals surface area (Å²) in [6, 6.07) is 5.53. The Morgan fingerprint density at radius 3 is 2.70 bits per heavy atom. The van der Waals surface area contributed by atoms with Crippen LogP contribution in [0.15, 0.2) is 29.3 Å². The smallest absolute Gasteiger partial charge is 0.263 e. The Labute approximate surface area is 124 Å². The van der Waals surface area contributed by atoms with Crippen molar-refractivity contribution in [3.05, 3.63) is 40.5 Å². The van der Waals surface area contributed by atoms with E-state index in [2.05, 4.69) is 19.7 Å². The van der Waals surface area contributed by atoms with Gasteiger partial charge in [0, 0.05) is 12.3 Å². The van der Waals surface area contributed by atoms with Gasteiger partial charge >= 0.3 is 0 Å². The highest BCUT2D eigenvalue weighted by Gasteiger charge is 2.20. The zero-order valence-corrected chi connectivity index (χ0v) is 11.9. The topological polar surface area (TPSA) is 109 Å². The molecule has 0 fully saturated rings. The molecule has 0 aromatic carbocycles. The van der Waals surface area contributed by atoms with Gasteiger partial charge in [0.15, 0.2) is 5.69 Å². The van der Waals surface area contributed by atoms with Gasteiger partial charge in [0.1, 0.15) is 21.9 Å². The first-order valence-corrected chi connectivity index (χ1v) is 7.24. The van der Waals surface area contributed by atoms with Crippen LogP contribution in [0.5, 0.6) is 0 Å². The highest BCUT2D eigenvalue weighted by atomic mass is 35.5. The van der Waals surface area contributed by atoms with Crippen LogP contribution in [0.2, 0.25) is 10.4 Å². The standard InChI is InChI=1S/C10H5Cl2N5O2S/c11-8-4-9(16-10(12)15-8)17-20(18,19)7-2-1-3-14-6(7)5-13/h1-4H,(H,15,16,17). The fourth-order valence-corrected chi connectivity index (χ4v) is 2.84. The zero-order chi connectivity index (χ0) is 14.8. The van der Waals surface area contributed by atoms with Gasteiger partial charge in [-0.05, 0) is 23.7 Å². The van der Waals surface area contributed by atoms with Crippen LogP contribution in [-0.4, -0.2) is 23.4 Å². The Bertz CT molecular complexity index is 783. The van der Waals surface area contributed by atoms with Crippen molar-refractivity contribution >= 4 is 39.0 Å². The van der Waals surface area contributed by atoms with Crippen molar-refractivity contribution in [2.45, 2.75) is 4.90 Å². The largest absolute Gasteiger partial charge is 0.265 e. The number of hydrogen-bond acceptors (Lipinski definition) is 6. The second-order valence-corrected chi connectivity index (χ2v) is 5.79. The van der Waals surface area contributed by atoms with Gasteiger partial charge in [-0.1, -0.05) is 11.6 Å². The van der Waals surface area contributed by atoms with Gasteiger partial charge in [-0.2, -0.15) is 10.2 Å². The van der Waals surface area contributed by atoms with Gasteiger partial charge in [0.25, 0.3) is 10.0 Å². The summed E-state index contributed by atoms with van der Waals surface area (Å²) in [4.78, 5) is 10.7. The molecule has 0 aliphatic heterocycles. The van der Waals surface area contributed by atoms with E-state index < -0.39 is 10.0 Å². The Balaban J connectivity index is 2.44. The number of sulfonamides is 1. The SMILES string of the molecule is N#Cc1ncccc1S(=O)(=O)Nc1cc(Cl)nc(Cl)n1. The lowest BCUT2D eigenvalue weighted by atomic mass is 10.4. The van der Waals surface area contributed by atoms with E-state index in [9.17, 15) is 8.42 Å². The Morgan fingerprint density at radius 2 is 2.05 bits per heavy atom. The van der Waals surface area contributed by atoms with Gasteiger partial charge in [-0.15, -0.1) is 0 Å². The Hall–Kier alpha value is -1.95. The quantitative estimate of drug-likeness (QED) is 0.679. The average molecular weight is 330 g/mol. The minimum Gasteiger partial charge on any atom is -0.263 e. The summed E-state index contributed by atoms with van der Waals surface area (Å²) in [7, 11) is -4.03. The van der Waals surface area contributed by atoms with Gasteiger partial charge < -0.3 is 0 Å². The second-order valence-electron chi connectivity index (χ2n) is 3.41. The van der Waals surface area contributed by atoms with Crippen LogP contribution in [0.4, 0.5) is 5.82 Å². The minimum absolute atomic E-state index is 0.0191. The highest BCUT2D eigenvalue weighted by molar-refractivity contribution is 7.92. The van der Waals surface area contributed by atoms with Crippen LogP contribution in [0.1, 0.15) is 5.69 Å². The van der Waals surface area contributed by atoms with Crippen molar-refractivity contribution in [1.29, 1.82) is 5.26 Å². The third-order valence-electron chi connectivity index (χ3n) is 2.07. The van der Waals surface area contributed by atoms with Crippen LogP contribution in [-0.2, 0) is 10.0 Å². The summed E-state index contributed by atoms with van der Waals surface area (Å²) in [5, 5.41) is 8.64. The normalized spacial score (nSPS) is 10.8. The van der Waals surface area contributed by atoms with Crippen molar-refractivity contribution in [3.8, 4) is 6.07 Å². The monoisotopic (exact) mass is 329 g/mol. The number of pyridine rings is 1. The molecule has 2 aromatic rings. The molecule has 0 amide bonds. The number of anilines is 1. The van der Waals surface area contributed by atoms with Crippen LogP contribution < -0.4 is 4.72 Å². The number of aromatic nitrogens is 3. The number of nitriles is 1. The zero-order valence-electron chi connectivity index (χ0n) is 9.58. The number of hydrogen-bond donors (Lipinski definition) is 1. The maximum Gasteiger partial charge on any atom is 0.265 e. The van der Waals surface area contributed by atoms with E-state index >= 15 is 0 Å². The predicted octanol–water partition coefficient (Wildman–Crippen LogP) is 1.85. The molecule has 10 heteroatoms. The summed E-state index contributed by atoms with van der Waals surface area (Å²) < 4.78 is 26.5. The van der Waals surface area contributed by atoms with E-state index in [0.717, 1.165) is 0 Å². The second kappa shape index (κ2) is 5.58. The molecule has 2 rings (SSSR count). The third kappa shape index (κ3) is 3.14. The van der Waals surface area contributed by atoms with E-state index in [-0.39, 0.29) is 26.8 Å². The van der Waals surface area contributed by atoms with Crippen LogP contribution >= 0.6 is 23.2 Å². The maximum absolute atomic E-state index is 12.2. The van der Waals surface area contributed by atoms with Crippen LogP contribution in [0.3, 0.4) is 0 Å². The van der Waals surface area contributed by atoms with Crippen LogP contribution in [0, 0.1) is 11.3 Å². The van der Waals surface area contributed by atoms with E-state index in [1.165, 1.54) is 24.4 Å². The van der Waals surface area contributed by atoms with Crippen molar-refractivity contribution in [3.63, 3.8) is 0 Å². The molecule has 0 radical (unpaired) electrons. The Morgan fingerprint density at radius 1 is 1.30 bits per heavy atom. The van der Waals surface area contributed by atoms with Crippen molar-refractivity contribution in [1.82, 2.24) is 15.0 Å². The average Bonchev–Trinajstić information content (AvgIpc) is 2.36. The summed E-state index contributed by atoms with van der Waals surface area (Å²) >= 11 is 11.2. The number of nitrogens with one attached hydrogen (secondary N) is 1. The summed E-state index contributed by atoms with van der Waals surface area (Å²) in [6.07, 6.45) is 1.32. The van der Waals surface area contributed by atoms with Crippen molar-refractivity contribution in [2.24, 2.45) is 0 Å². The van der Waals surface area contributed by atoms with E-state index in [4.69, 9.17) is 28.5 Å². The fraction of sp³-hybridized carbons (Fsp3) is 0. The maximum atomic E-state index is 12.2. The number of nitrogens with zero attached hydrogens (tertiary/aromatic N) is 4. The lowest BCUT2D eigenvalue weighted by Gasteiger charge is -2.08.